The molecule has 0 aliphatic carbocycles. The first-order chi connectivity index (χ1) is 13.8. The summed E-state index contributed by atoms with van der Waals surface area (Å²) in [6, 6.07) is 13.9. The Morgan fingerprint density at radius 1 is 1.00 bits per heavy atom. The first-order valence-corrected chi connectivity index (χ1v) is 10.00. The van der Waals surface area contributed by atoms with E-state index in [1.54, 1.807) is 48.5 Å². The summed E-state index contributed by atoms with van der Waals surface area (Å²) in [5.74, 6) is 0.149. The summed E-state index contributed by atoms with van der Waals surface area (Å²) in [4.78, 5) is 24.9. The van der Waals surface area contributed by atoms with Crippen LogP contribution in [0.4, 0.5) is 5.69 Å². The minimum atomic E-state index is -0.347. The quantitative estimate of drug-likeness (QED) is 0.595. The summed E-state index contributed by atoms with van der Waals surface area (Å²) < 4.78 is 5.57. The maximum absolute atomic E-state index is 12.5. The number of amides is 2. The third kappa shape index (κ3) is 6.87. The van der Waals surface area contributed by atoms with Gasteiger partial charge < -0.3 is 15.4 Å². The molecule has 2 aromatic carbocycles. The highest BCUT2D eigenvalue weighted by atomic mass is 32.1. The lowest BCUT2D eigenvalue weighted by Gasteiger charge is -2.16. The molecule has 6 nitrogen and oxygen atoms in total. The highest BCUT2D eigenvalue weighted by Crippen LogP contribution is 2.16. The summed E-state index contributed by atoms with van der Waals surface area (Å²) in [6.45, 7) is 7.81. The van der Waals surface area contributed by atoms with Crippen LogP contribution < -0.4 is 20.7 Å². The molecule has 154 valence electrons. The van der Waals surface area contributed by atoms with E-state index >= 15 is 0 Å². The maximum Gasteiger partial charge on any atom is 0.257 e. The first kappa shape index (κ1) is 22.4. The average molecular weight is 414 g/mol. The fourth-order valence-electron chi connectivity index (χ4n) is 2.48. The molecule has 0 saturated heterocycles. The molecule has 0 saturated carbocycles. The van der Waals surface area contributed by atoms with E-state index in [4.69, 9.17) is 17.0 Å². The Bertz CT molecular complexity index is 866. The number of hydrogen-bond acceptors (Lipinski definition) is 4. The molecule has 0 radical (unpaired) electrons. The van der Waals surface area contributed by atoms with E-state index < -0.39 is 0 Å². The van der Waals surface area contributed by atoms with E-state index in [1.807, 2.05) is 27.7 Å². The Kier molecular flexibility index (Phi) is 8.15. The normalized spacial score (nSPS) is 11.5. The molecule has 3 N–H and O–H groups in total. The third-order valence-corrected chi connectivity index (χ3v) is 4.33. The van der Waals surface area contributed by atoms with E-state index in [1.165, 1.54) is 0 Å². The van der Waals surface area contributed by atoms with Gasteiger partial charge in [0.1, 0.15) is 5.75 Å². The largest absolute Gasteiger partial charge is 0.491 e. The van der Waals surface area contributed by atoms with Gasteiger partial charge in [0, 0.05) is 11.6 Å². The molecular weight excluding hydrogens is 386 g/mol. The van der Waals surface area contributed by atoms with Crippen molar-refractivity contribution in [2.45, 2.75) is 46.3 Å². The molecule has 0 aliphatic heterocycles. The van der Waals surface area contributed by atoms with Crippen molar-refractivity contribution in [3.63, 3.8) is 0 Å². The number of ether oxygens (including phenoxy) is 1. The van der Waals surface area contributed by atoms with Gasteiger partial charge >= 0.3 is 0 Å². The maximum atomic E-state index is 12.5. The Labute approximate surface area is 177 Å². The van der Waals surface area contributed by atoms with Crippen molar-refractivity contribution in [1.29, 1.82) is 0 Å². The van der Waals surface area contributed by atoms with Gasteiger partial charge in [-0.2, -0.15) is 0 Å². The number of anilines is 1. The zero-order valence-corrected chi connectivity index (χ0v) is 17.9. The molecule has 0 aromatic heterocycles. The Hall–Kier alpha value is -2.93. The molecule has 2 amide bonds. The van der Waals surface area contributed by atoms with Crippen LogP contribution in [0.1, 0.15) is 54.8 Å². The molecule has 29 heavy (non-hydrogen) atoms. The topological polar surface area (TPSA) is 79.5 Å². The van der Waals surface area contributed by atoms with E-state index in [0.717, 1.165) is 6.42 Å². The van der Waals surface area contributed by atoms with Gasteiger partial charge in [-0.1, -0.05) is 19.1 Å². The minimum Gasteiger partial charge on any atom is -0.491 e. The monoisotopic (exact) mass is 413 g/mol. The summed E-state index contributed by atoms with van der Waals surface area (Å²) in [5.41, 5.74) is 1.44. The zero-order valence-electron chi connectivity index (χ0n) is 17.1. The molecule has 0 aliphatic rings. The van der Waals surface area contributed by atoms with E-state index in [0.29, 0.717) is 22.6 Å². The van der Waals surface area contributed by atoms with Gasteiger partial charge in [0.05, 0.1) is 17.4 Å². The van der Waals surface area contributed by atoms with Crippen molar-refractivity contribution in [2.24, 2.45) is 0 Å². The number of hydrogen-bond donors (Lipinski definition) is 3. The number of carbonyl (C=O) groups is 2. The Balaban J connectivity index is 2.02. The van der Waals surface area contributed by atoms with Crippen LogP contribution in [-0.2, 0) is 0 Å². The van der Waals surface area contributed by atoms with Gasteiger partial charge in [0.25, 0.3) is 11.8 Å². The van der Waals surface area contributed by atoms with E-state index in [9.17, 15) is 9.59 Å². The van der Waals surface area contributed by atoms with Crippen LogP contribution in [0.2, 0.25) is 0 Å². The second kappa shape index (κ2) is 10.6. The SMILES string of the molecule is CCC(C)NC(=O)c1ccccc1NC(=S)NC(=O)c1ccc(OC(C)C)cc1. The fraction of sp³-hybridized carbons (Fsp3) is 0.318. The fourth-order valence-corrected chi connectivity index (χ4v) is 2.68. The number of thiocarbonyl (C=S) groups is 1. The first-order valence-electron chi connectivity index (χ1n) is 9.59. The van der Waals surface area contributed by atoms with Crippen LogP contribution in [0.25, 0.3) is 0 Å². The summed E-state index contributed by atoms with van der Waals surface area (Å²) >= 11 is 5.25. The van der Waals surface area contributed by atoms with E-state index in [-0.39, 0.29) is 29.1 Å². The zero-order chi connectivity index (χ0) is 21.4. The minimum absolute atomic E-state index is 0.0593. The Morgan fingerprint density at radius 2 is 1.66 bits per heavy atom. The molecule has 0 bridgehead atoms. The van der Waals surface area contributed by atoms with Crippen molar-refractivity contribution >= 4 is 34.8 Å². The van der Waals surface area contributed by atoms with Gasteiger partial charge in [0.2, 0.25) is 0 Å². The van der Waals surface area contributed by atoms with Crippen molar-refractivity contribution in [3.8, 4) is 5.75 Å². The summed E-state index contributed by atoms with van der Waals surface area (Å²) in [7, 11) is 0. The number of carbonyl (C=O) groups excluding carboxylic acids is 2. The van der Waals surface area contributed by atoms with Crippen LogP contribution in [-0.4, -0.2) is 29.1 Å². The van der Waals surface area contributed by atoms with Gasteiger partial charge in [-0.05, 0) is 75.8 Å². The van der Waals surface area contributed by atoms with Gasteiger partial charge in [0.15, 0.2) is 5.11 Å². The van der Waals surface area contributed by atoms with Crippen molar-refractivity contribution in [3.05, 3.63) is 59.7 Å². The van der Waals surface area contributed by atoms with Crippen LogP contribution >= 0.6 is 12.2 Å². The lowest BCUT2D eigenvalue weighted by Crippen LogP contribution is -2.36. The third-order valence-electron chi connectivity index (χ3n) is 4.13. The highest BCUT2D eigenvalue weighted by Gasteiger charge is 2.15. The molecule has 1 unspecified atom stereocenters. The second-order valence-electron chi connectivity index (χ2n) is 6.93. The number of benzene rings is 2. The second-order valence-corrected chi connectivity index (χ2v) is 7.34. The standard InChI is InChI=1S/C22H27N3O3S/c1-5-15(4)23-21(27)18-8-6-7-9-19(18)24-22(29)25-20(26)16-10-12-17(13-11-16)28-14(2)3/h6-15H,5H2,1-4H3,(H,23,27)(H2,24,25,26,29). The molecular formula is C22H27N3O3S. The highest BCUT2D eigenvalue weighted by molar-refractivity contribution is 7.80. The van der Waals surface area contributed by atoms with Gasteiger partial charge in [-0.3, -0.25) is 14.9 Å². The van der Waals surface area contributed by atoms with Gasteiger partial charge in [-0.25, -0.2) is 0 Å². The Morgan fingerprint density at radius 3 is 2.28 bits per heavy atom. The molecule has 0 heterocycles. The van der Waals surface area contributed by atoms with E-state index in [2.05, 4.69) is 16.0 Å². The van der Waals surface area contributed by atoms with Crippen LogP contribution in [0, 0.1) is 0 Å². The van der Waals surface area contributed by atoms with Crippen molar-refractivity contribution < 1.29 is 14.3 Å². The number of para-hydroxylation sites is 1. The predicted octanol–water partition coefficient (Wildman–Crippen LogP) is 4.13. The average Bonchev–Trinajstić information content (AvgIpc) is 2.68. The lowest BCUT2D eigenvalue weighted by molar-refractivity contribution is 0.0938. The van der Waals surface area contributed by atoms with Crippen molar-refractivity contribution in [1.82, 2.24) is 10.6 Å². The molecule has 7 heteroatoms. The lowest BCUT2D eigenvalue weighted by atomic mass is 10.1. The smallest absolute Gasteiger partial charge is 0.257 e. The van der Waals surface area contributed by atoms with Crippen molar-refractivity contribution in [2.75, 3.05) is 5.32 Å². The summed E-state index contributed by atoms with van der Waals surface area (Å²) in [6.07, 6.45) is 0.889. The predicted molar refractivity (Wildman–Crippen MR) is 120 cm³/mol. The molecule has 2 rings (SSSR count). The summed E-state index contributed by atoms with van der Waals surface area (Å²) in [5, 5.41) is 8.60. The van der Waals surface area contributed by atoms with Crippen LogP contribution in [0.5, 0.6) is 5.75 Å². The molecule has 0 fully saturated rings. The van der Waals surface area contributed by atoms with Gasteiger partial charge in [-0.15, -0.1) is 0 Å². The van der Waals surface area contributed by atoms with Crippen LogP contribution in [0.3, 0.4) is 0 Å². The molecule has 1 atom stereocenters. The molecule has 0 spiro atoms. The number of nitrogens with one attached hydrogen (secondary N) is 3. The number of rotatable bonds is 7. The van der Waals surface area contributed by atoms with Crippen LogP contribution in [0.15, 0.2) is 48.5 Å². The molecule has 2 aromatic rings.